The largest absolute Gasteiger partial charge is 0.344 e. The average molecular weight is 406 g/mol. The number of aromatic nitrogens is 5. The van der Waals surface area contributed by atoms with Gasteiger partial charge in [-0.1, -0.05) is 0 Å². The van der Waals surface area contributed by atoms with Gasteiger partial charge in [-0.3, -0.25) is 9.48 Å². The molecule has 3 aromatic heterocycles. The van der Waals surface area contributed by atoms with Crippen LogP contribution in [-0.4, -0.2) is 30.5 Å². The maximum atomic E-state index is 13.3. The summed E-state index contributed by atoms with van der Waals surface area (Å²) in [7, 11) is 0. The zero-order chi connectivity index (χ0) is 21.4. The molecule has 4 rings (SSSR count). The van der Waals surface area contributed by atoms with Crippen LogP contribution in [0.5, 0.6) is 0 Å². The van der Waals surface area contributed by atoms with Gasteiger partial charge in [0.05, 0.1) is 34.1 Å². The molecule has 0 spiro atoms. The Morgan fingerprint density at radius 1 is 1.17 bits per heavy atom. The van der Waals surface area contributed by atoms with E-state index in [0.717, 1.165) is 12.2 Å². The van der Waals surface area contributed by atoms with Gasteiger partial charge in [0.25, 0.3) is 5.91 Å². The van der Waals surface area contributed by atoms with Gasteiger partial charge in [-0.15, -0.1) is 0 Å². The number of benzene rings is 1. The van der Waals surface area contributed by atoms with Crippen LogP contribution < -0.4 is 5.32 Å². The number of carbonyl (C=O) groups excluding carboxylic acids is 1. The Bertz CT molecular complexity index is 1220. The highest BCUT2D eigenvalue weighted by Gasteiger charge is 2.21. The number of rotatable bonds is 5. The third kappa shape index (κ3) is 3.56. The highest BCUT2D eigenvalue weighted by molar-refractivity contribution is 6.06. The van der Waals surface area contributed by atoms with E-state index in [0.29, 0.717) is 33.7 Å². The number of hydrogen-bond acceptors (Lipinski definition) is 4. The Balaban J connectivity index is 1.73. The molecular weight excluding hydrogens is 383 g/mol. The second kappa shape index (κ2) is 7.70. The third-order valence-corrected chi connectivity index (χ3v) is 5.03. The van der Waals surface area contributed by atoms with Crippen LogP contribution in [0.4, 0.5) is 4.39 Å². The molecule has 154 valence electrons. The van der Waals surface area contributed by atoms with E-state index in [-0.39, 0.29) is 17.8 Å². The third-order valence-electron chi connectivity index (χ3n) is 5.03. The Morgan fingerprint density at radius 2 is 1.90 bits per heavy atom. The molecule has 0 fully saturated rings. The molecule has 3 heterocycles. The highest BCUT2D eigenvalue weighted by atomic mass is 19.1. The molecule has 0 aliphatic carbocycles. The van der Waals surface area contributed by atoms with E-state index >= 15 is 0 Å². The van der Waals surface area contributed by atoms with E-state index in [4.69, 9.17) is 0 Å². The van der Waals surface area contributed by atoms with Crippen molar-refractivity contribution in [1.82, 2.24) is 29.9 Å². The van der Waals surface area contributed by atoms with Crippen molar-refractivity contribution in [3.63, 3.8) is 0 Å². The first-order valence-corrected chi connectivity index (χ1v) is 9.84. The predicted molar refractivity (Wildman–Crippen MR) is 112 cm³/mol. The lowest BCUT2D eigenvalue weighted by atomic mass is 10.1. The van der Waals surface area contributed by atoms with Crippen molar-refractivity contribution in [3.05, 3.63) is 71.1 Å². The first-order valence-electron chi connectivity index (χ1n) is 9.84. The molecule has 8 heteroatoms. The van der Waals surface area contributed by atoms with E-state index in [1.165, 1.54) is 12.1 Å². The van der Waals surface area contributed by atoms with Crippen LogP contribution in [0.25, 0.3) is 16.7 Å². The van der Waals surface area contributed by atoms with Crippen molar-refractivity contribution in [2.75, 3.05) is 0 Å². The molecule has 0 radical (unpaired) electrons. The molecule has 1 aromatic carbocycles. The van der Waals surface area contributed by atoms with Gasteiger partial charge in [0.1, 0.15) is 5.82 Å². The van der Waals surface area contributed by atoms with Crippen molar-refractivity contribution in [1.29, 1.82) is 0 Å². The summed E-state index contributed by atoms with van der Waals surface area (Å²) < 4.78 is 16.8. The highest BCUT2D eigenvalue weighted by Crippen LogP contribution is 2.25. The molecule has 0 aliphatic rings. The molecule has 7 nitrogen and oxygen atoms in total. The van der Waals surface area contributed by atoms with Crippen molar-refractivity contribution in [2.24, 2.45) is 0 Å². The molecule has 1 amide bonds. The lowest BCUT2D eigenvalue weighted by Gasteiger charge is -2.13. The topological polar surface area (TPSA) is 77.6 Å². The Hall–Kier alpha value is -3.55. The van der Waals surface area contributed by atoms with E-state index in [9.17, 15) is 9.18 Å². The number of carbonyl (C=O) groups is 1. The first-order chi connectivity index (χ1) is 14.4. The predicted octanol–water partition coefficient (Wildman–Crippen LogP) is 3.88. The molecule has 0 unspecified atom stereocenters. The molecule has 4 aromatic rings. The summed E-state index contributed by atoms with van der Waals surface area (Å²) in [4.78, 5) is 17.8. The maximum Gasteiger partial charge on any atom is 0.252 e. The quantitative estimate of drug-likeness (QED) is 0.546. The van der Waals surface area contributed by atoms with Crippen molar-refractivity contribution in [2.45, 2.75) is 40.3 Å². The van der Waals surface area contributed by atoms with Crippen LogP contribution in [0.3, 0.4) is 0 Å². The zero-order valence-corrected chi connectivity index (χ0v) is 17.3. The minimum absolute atomic E-state index is 0.217. The summed E-state index contributed by atoms with van der Waals surface area (Å²) >= 11 is 0. The van der Waals surface area contributed by atoms with Crippen LogP contribution in [-0.2, 0) is 6.54 Å². The van der Waals surface area contributed by atoms with Crippen LogP contribution in [0.15, 0.2) is 42.6 Å². The standard InChI is InChI=1S/C22H23FN6O/c1-5-28-11-10-19(27-28)14(3)25-22(30)18-12-13(2)24-21-20(18)15(4)26-29(21)17-8-6-16(23)7-9-17/h6-12,14H,5H2,1-4H3,(H,25,30)/t14-/m1/s1. The molecule has 1 N–H and O–H groups in total. The van der Waals surface area contributed by atoms with E-state index in [2.05, 4.69) is 20.5 Å². The average Bonchev–Trinajstić information content (AvgIpc) is 3.33. The number of amides is 1. The fourth-order valence-electron chi connectivity index (χ4n) is 3.49. The first kappa shape index (κ1) is 19.8. The lowest BCUT2D eigenvalue weighted by molar-refractivity contribution is 0.0940. The molecule has 0 aliphatic heterocycles. The number of aryl methyl sites for hydroxylation is 3. The smallest absolute Gasteiger partial charge is 0.252 e. The van der Waals surface area contributed by atoms with Gasteiger partial charge >= 0.3 is 0 Å². The summed E-state index contributed by atoms with van der Waals surface area (Å²) in [6, 6.07) is 9.44. The second-order valence-corrected chi connectivity index (χ2v) is 7.27. The fourth-order valence-corrected chi connectivity index (χ4v) is 3.49. The second-order valence-electron chi connectivity index (χ2n) is 7.27. The number of nitrogens with zero attached hydrogens (tertiary/aromatic N) is 5. The van der Waals surface area contributed by atoms with Gasteiger partial charge in [0.15, 0.2) is 5.65 Å². The monoisotopic (exact) mass is 406 g/mol. The van der Waals surface area contributed by atoms with Crippen molar-refractivity contribution in [3.8, 4) is 5.69 Å². The van der Waals surface area contributed by atoms with Gasteiger partial charge < -0.3 is 5.32 Å². The normalized spacial score (nSPS) is 12.3. The molecule has 0 bridgehead atoms. The van der Waals surface area contributed by atoms with Gasteiger partial charge in [0, 0.05) is 18.4 Å². The molecule has 1 atom stereocenters. The Kier molecular flexibility index (Phi) is 5.07. The summed E-state index contributed by atoms with van der Waals surface area (Å²) in [5.41, 5.74) is 3.91. The van der Waals surface area contributed by atoms with Crippen LogP contribution in [0.2, 0.25) is 0 Å². The summed E-state index contributed by atoms with van der Waals surface area (Å²) in [6.07, 6.45) is 1.89. The number of halogens is 1. The van der Waals surface area contributed by atoms with E-state index < -0.39 is 0 Å². The van der Waals surface area contributed by atoms with Gasteiger partial charge in [-0.25, -0.2) is 14.1 Å². The SMILES string of the molecule is CCn1ccc([C@@H](C)NC(=O)c2cc(C)nc3c2c(C)nn3-c2ccc(F)cc2)n1. The molecule has 0 saturated heterocycles. The number of fused-ring (bicyclic) bond motifs is 1. The Labute approximate surface area is 173 Å². The van der Waals surface area contributed by atoms with Crippen molar-refractivity contribution >= 4 is 16.9 Å². The van der Waals surface area contributed by atoms with Gasteiger partial charge in [-0.05, 0) is 64.1 Å². The minimum atomic E-state index is -0.323. The van der Waals surface area contributed by atoms with E-state index in [1.54, 1.807) is 22.9 Å². The number of nitrogens with one attached hydrogen (secondary N) is 1. The summed E-state index contributed by atoms with van der Waals surface area (Å²) in [6.45, 7) is 8.35. The summed E-state index contributed by atoms with van der Waals surface area (Å²) in [5.74, 6) is -0.540. The molecular formula is C22H23FN6O. The van der Waals surface area contributed by atoms with Crippen LogP contribution in [0.1, 0.15) is 47.3 Å². The van der Waals surface area contributed by atoms with Gasteiger partial charge in [-0.2, -0.15) is 10.2 Å². The van der Waals surface area contributed by atoms with E-state index in [1.807, 2.05) is 44.6 Å². The molecule has 30 heavy (non-hydrogen) atoms. The van der Waals surface area contributed by atoms with Crippen LogP contribution in [0, 0.1) is 19.7 Å². The number of pyridine rings is 1. The lowest BCUT2D eigenvalue weighted by Crippen LogP contribution is -2.27. The van der Waals surface area contributed by atoms with Crippen LogP contribution >= 0.6 is 0 Å². The molecule has 0 saturated carbocycles. The fraction of sp³-hybridized carbons (Fsp3) is 0.273. The Morgan fingerprint density at radius 3 is 2.57 bits per heavy atom. The summed E-state index contributed by atoms with van der Waals surface area (Å²) in [5, 5.41) is 12.7. The maximum absolute atomic E-state index is 13.3. The minimum Gasteiger partial charge on any atom is -0.344 e. The van der Waals surface area contributed by atoms with Gasteiger partial charge in [0.2, 0.25) is 0 Å². The zero-order valence-electron chi connectivity index (χ0n) is 17.3. The number of hydrogen-bond donors (Lipinski definition) is 1. The van der Waals surface area contributed by atoms with Crippen molar-refractivity contribution < 1.29 is 9.18 Å².